The summed E-state index contributed by atoms with van der Waals surface area (Å²) in [5.41, 5.74) is 0.611. The molecule has 0 bridgehead atoms. The van der Waals surface area contributed by atoms with Gasteiger partial charge in [0.2, 0.25) is 5.91 Å². The van der Waals surface area contributed by atoms with Gasteiger partial charge in [0.25, 0.3) is 10.0 Å². The van der Waals surface area contributed by atoms with Crippen LogP contribution in [0.5, 0.6) is 0 Å². The van der Waals surface area contributed by atoms with E-state index < -0.39 is 10.0 Å². The Kier molecular flexibility index (Phi) is 5.00. The van der Waals surface area contributed by atoms with Crippen molar-refractivity contribution in [1.29, 1.82) is 0 Å². The average molecular weight is 407 g/mol. The molecule has 8 heteroatoms. The molecule has 1 amide bonds. The molecule has 3 N–H and O–H groups in total. The molecular weight excluding hydrogens is 376 g/mol. The maximum absolute atomic E-state index is 13.3. The van der Waals surface area contributed by atoms with Crippen molar-refractivity contribution < 1.29 is 13.2 Å². The van der Waals surface area contributed by atoms with Crippen LogP contribution >= 0.6 is 0 Å². The van der Waals surface area contributed by atoms with Crippen LogP contribution in [0, 0.1) is 17.3 Å². The number of nitrogens with one attached hydrogen (secondary N) is 1. The first kappa shape index (κ1) is 19.8. The van der Waals surface area contributed by atoms with Crippen LogP contribution in [0.1, 0.15) is 52.4 Å². The van der Waals surface area contributed by atoms with Crippen LogP contribution in [-0.2, 0) is 14.8 Å². The van der Waals surface area contributed by atoms with Crippen LogP contribution in [0.25, 0.3) is 0 Å². The van der Waals surface area contributed by atoms with Crippen LogP contribution in [0.3, 0.4) is 0 Å². The number of rotatable bonds is 4. The Morgan fingerprint density at radius 2 is 1.93 bits per heavy atom. The summed E-state index contributed by atoms with van der Waals surface area (Å²) in [6, 6.07) is 3.24. The maximum Gasteiger partial charge on any atom is 0.255 e. The third-order valence-corrected chi connectivity index (χ3v) is 7.91. The predicted octanol–water partition coefficient (Wildman–Crippen LogP) is 2.35. The highest BCUT2D eigenvalue weighted by molar-refractivity contribution is 7.89. The van der Waals surface area contributed by atoms with E-state index in [1.54, 1.807) is 6.07 Å². The van der Waals surface area contributed by atoms with Gasteiger partial charge in [0.15, 0.2) is 5.03 Å². The largest absolute Gasteiger partial charge is 0.325 e. The van der Waals surface area contributed by atoms with Crippen LogP contribution in [-0.4, -0.2) is 42.8 Å². The molecule has 28 heavy (non-hydrogen) atoms. The van der Waals surface area contributed by atoms with E-state index in [4.69, 9.17) is 5.14 Å². The fourth-order valence-corrected chi connectivity index (χ4v) is 5.95. The van der Waals surface area contributed by atoms with Gasteiger partial charge in [0.1, 0.15) is 0 Å². The summed E-state index contributed by atoms with van der Waals surface area (Å²) in [7, 11) is -3.91. The number of fused-ring (bicyclic) bond motifs is 1. The normalized spacial score (nSPS) is 30.5. The van der Waals surface area contributed by atoms with Crippen LogP contribution in [0.4, 0.5) is 5.69 Å². The average Bonchev–Trinajstić information content (AvgIpc) is 3.04. The molecular formula is C20H30N4O3S. The van der Waals surface area contributed by atoms with Crippen LogP contribution in [0.2, 0.25) is 0 Å². The number of piperidine rings is 1. The van der Waals surface area contributed by atoms with Gasteiger partial charge in [-0.05, 0) is 36.2 Å². The zero-order valence-electron chi connectivity index (χ0n) is 16.6. The van der Waals surface area contributed by atoms with Gasteiger partial charge in [-0.15, -0.1) is 0 Å². The van der Waals surface area contributed by atoms with Gasteiger partial charge in [-0.2, -0.15) is 0 Å². The Hall–Kier alpha value is -1.51. The number of hydrogen-bond acceptors (Lipinski definition) is 5. The summed E-state index contributed by atoms with van der Waals surface area (Å²) < 4.78 is 23.1. The fourth-order valence-electron chi connectivity index (χ4n) is 5.45. The van der Waals surface area contributed by atoms with Gasteiger partial charge < -0.3 is 5.32 Å². The number of anilines is 1. The number of carbonyl (C=O) groups is 1. The minimum Gasteiger partial charge on any atom is -0.325 e. The second-order valence-electron chi connectivity index (χ2n) is 9.16. The number of nitrogens with zero attached hydrogens (tertiary/aromatic N) is 2. The first-order valence-electron chi connectivity index (χ1n) is 10.2. The molecule has 1 aromatic heterocycles. The lowest BCUT2D eigenvalue weighted by Crippen LogP contribution is -2.49. The van der Waals surface area contributed by atoms with E-state index in [-0.39, 0.29) is 22.4 Å². The van der Waals surface area contributed by atoms with Gasteiger partial charge in [-0.3, -0.25) is 9.69 Å². The highest BCUT2D eigenvalue weighted by Gasteiger charge is 2.68. The number of carbonyl (C=O) groups excluding carboxylic acids is 1. The molecule has 3 fully saturated rings. The Bertz CT molecular complexity index is 862. The minimum atomic E-state index is -3.91. The quantitative estimate of drug-likeness (QED) is 0.747. The minimum absolute atomic E-state index is 0.0473. The second-order valence-corrected chi connectivity index (χ2v) is 10.7. The summed E-state index contributed by atoms with van der Waals surface area (Å²) in [4.78, 5) is 19.5. The molecule has 7 nitrogen and oxygen atoms in total. The topological polar surface area (TPSA) is 105 Å². The molecule has 3 aliphatic rings. The van der Waals surface area contributed by atoms with E-state index in [1.165, 1.54) is 37.9 Å². The molecule has 0 aromatic carbocycles. The molecule has 2 saturated carbocycles. The molecule has 1 aliphatic heterocycles. The summed E-state index contributed by atoms with van der Waals surface area (Å²) in [6.45, 7) is 5.48. The number of pyridine rings is 1. The van der Waals surface area contributed by atoms with Crippen molar-refractivity contribution in [3.05, 3.63) is 18.3 Å². The number of aromatic nitrogens is 1. The molecule has 0 unspecified atom stereocenters. The molecule has 1 aromatic rings. The third kappa shape index (κ3) is 3.57. The second kappa shape index (κ2) is 7.07. The van der Waals surface area contributed by atoms with Crippen LogP contribution in [0.15, 0.2) is 23.4 Å². The summed E-state index contributed by atoms with van der Waals surface area (Å²) in [6.07, 6.45) is 8.71. The maximum atomic E-state index is 13.3. The number of amides is 1. The number of sulfonamides is 1. The molecule has 2 aliphatic carbocycles. The van der Waals surface area contributed by atoms with Crippen molar-refractivity contribution in [2.75, 3.05) is 11.9 Å². The fraction of sp³-hybridized carbons (Fsp3) is 0.700. The Labute approximate surface area is 167 Å². The van der Waals surface area contributed by atoms with Crippen molar-refractivity contribution in [2.24, 2.45) is 22.4 Å². The SMILES string of the molecule is CC1(C)[C@H]2[C@@H](C(=O)Nc3ccnc(S(N)(=O)=O)c3)N(C3CCCCCC3)C[C@H]21. The first-order chi connectivity index (χ1) is 13.2. The lowest BCUT2D eigenvalue weighted by Gasteiger charge is -2.36. The van der Waals surface area contributed by atoms with Crippen molar-refractivity contribution in [3.8, 4) is 0 Å². The number of likely N-dealkylation sites (tertiary alicyclic amines) is 1. The lowest BCUT2D eigenvalue weighted by molar-refractivity contribution is -0.122. The first-order valence-corrected chi connectivity index (χ1v) is 11.8. The van der Waals surface area contributed by atoms with E-state index in [0.717, 1.165) is 19.4 Å². The predicted molar refractivity (Wildman–Crippen MR) is 107 cm³/mol. The van der Waals surface area contributed by atoms with Gasteiger partial charge in [0.05, 0.1) is 6.04 Å². The molecule has 3 atom stereocenters. The van der Waals surface area contributed by atoms with Gasteiger partial charge in [-0.25, -0.2) is 18.5 Å². The smallest absolute Gasteiger partial charge is 0.255 e. The van der Waals surface area contributed by atoms with Crippen molar-refractivity contribution in [3.63, 3.8) is 0 Å². The van der Waals surface area contributed by atoms with E-state index >= 15 is 0 Å². The summed E-state index contributed by atoms with van der Waals surface area (Å²) >= 11 is 0. The molecule has 2 heterocycles. The zero-order valence-corrected chi connectivity index (χ0v) is 17.4. The van der Waals surface area contributed by atoms with E-state index in [0.29, 0.717) is 23.6 Å². The van der Waals surface area contributed by atoms with Crippen molar-refractivity contribution >= 4 is 21.6 Å². The van der Waals surface area contributed by atoms with E-state index in [2.05, 4.69) is 29.0 Å². The zero-order chi connectivity index (χ0) is 20.1. The molecule has 4 rings (SSSR count). The standard InChI is InChI=1S/C20H30N4O3S/c1-20(2)15-12-24(14-7-5-3-4-6-8-14)18(17(15)20)19(25)23-13-9-10-22-16(11-13)28(21,26)27/h9-11,14-15,17-18H,3-8,12H2,1-2H3,(H2,21,26,27)(H,22,23,25)/t15-,17-,18+/m1/s1. The van der Waals surface area contributed by atoms with Crippen molar-refractivity contribution in [2.45, 2.75) is 69.5 Å². The van der Waals surface area contributed by atoms with Crippen molar-refractivity contribution in [1.82, 2.24) is 9.88 Å². The Morgan fingerprint density at radius 3 is 2.57 bits per heavy atom. The highest BCUT2D eigenvalue weighted by Crippen LogP contribution is 2.65. The number of primary sulfonamides is 1. The molecule has 0 radical (unpaired) electrons. The van der Waals surface area contributed by atoms with Gasteiger partial charge >= 0.3 is 0 Å². The van der Waals surface area contributed by atoms with Gasteiger partial charge in [-0.1, -0.05) is 39.5 Å². The monoisotopic (exact) mass is 406 g/mol. The third-order valence-electron chi connectivity index (χ3n) is 7.10. The molecule has 154 valence electrons. The molecule has 1 saturated heterocycles. The molecule has 0 spiro atoms. The number of nitrogens with two attached hydrogens (primary N) is 1. The summed E-state index contributed by atoms with van der Waals surface area (Å²) in [5, 5.41) is 7.87. The number of hydrogen-bond donors (Lipinski definition) is 2. The van der Waals surface area contributed by atoms with E-state index in [1.807, 2.05) is 0 Å². The van der Waals surface area contributed by atoms with E-state index in [9.17, 15) is 13.2 Å². The van der Waals surface area contributed by atoms with Gasteiger partial charge in [0, 0.05) is 30.5 Å². The highest BCUT2D eigenvalue weighted by atomic mass is 32.2. The lowest BCUT2D eigenvalue weighted by atomic mass is 9.97. The Morgan fingerprint density at radius 1 is 1.25 bits per heavy atom. The Balaban J connectivity index is 1.55. The van der Waals surface area contributed by atoms with Crippen LogP contribution < -0.4 is 10.5 Å². The summed E-state index contributed by atoms with van der Waals surface area (Å²) in [5.74, 6) is 0.869.